The Morgan fingerprint density at radius 2 is 1.80 bits per heavy atom. The van der Waals surface area contributed by atoms with Gasteiger partial charge >= 0.3 is 5.97 Å². The maximum absolute atomic E-state index is 12.7. The van der Waals surface area contributed by atoms with Gasteiger partial charge in [-0.25, -0.2) is 4.79 Å². The minimum atomic E-state index is -0.853. The molecule has 3 fully saturated rings. The molecule has 2 saturated heterocycles. The molecular weight excluding hydrogens is 256 g/mol. The minimum absolute atomic E-state index is 0.0199. The van der Waals surface area contributed by atoms with Gasteiger partial charge in [0.1, 0.15) is 6.04 Å². The number of carbonyl (C=O) groups is 2. The summed E-state index contributed by atoms with van der Waals surface area (Å²) in [5.41, 5.74) is 0. The number of aliphatic carboxylic acids is 1. The summed E-state index contributed by atoms with van der Waals surface area (Å²) >= 11 is 0. The van der Waals surface area contributed by atoms with Gasteiger partial charge in [0.05, 0.1) is 6.04 Å². The zero-order valence-corrected chi connectivity index (χ0v) is 11.9. The van der Waals surface area contributed by atoms with Crippen molar-refractivity contribution in [1.29, 1.82) is 0 Å². The predicted octanol–water partition coefficient (Wildman–Crippen LogP) is 1.37. The minimum Gasteiger partial charge on any atom is -0.480 e. The molecule has 4 unspecified atom stereocenters. The molecule has 3 rings (SSSR count). The van der Waals surface area contributed by atoms with Crippen LogP contribution in [0, 0.1) is 5.92 Å². The Balaban J connectivity index is 1.67. The monoisotopic (exact) mass is 280 g/mol. The fraction of sp³-hybridized carbons (Fsp3) is 0.867. The van der Waals surface area contributed by atoms with E-state index in [-0.39, 0.29) is 11.9 Å². The number of hydrogen-bond donors (Lipinski definition) is 2. The van der Waals surface area contributed by atoms with Crippen molar-refractivity contribution in [3.05, 3.63) is 0 Å². The summed E-state index contributed by atoms with van der Waals surface area (Å²) in [6, 6.07) is -0.283. The third-order valence-corrected chi connectivity index (χ3v) is 5.23. The van der Waals surface area contributed by atoms with Crippen molar-refractivity contribution < 1.29 is 14.7 Å². The summed E-state index contributed by atoms with van der Waals surface area (Å²) < 4.78 is 0. The first-order valence-corrected chi connectivity index (χ1v) is 7.96. The van der Waals surface area contributed by atoms with Gasteiger partial charge in [0.2, 0.25) is 5.91 Å². The van der Waals surface area contributed by atoms with E-state index in [1.165, 1.54) is 19.3 Å². The van der Waals surface area contributed by atoms with Crippen LogP contribution < -0.4 is 5.32 Å². The number of hydrogen-bond acceptors (Lipinski definition) is 3. The molecule has 2 aliphatic heterocycles. The van der Waals surface area contributed by atoms with Crippen LogP contribution in [0.4, 0.5) is 0 Å². The van der Waals surface area contributed by atoms with Crippen molar-refractivity contribution in [2.24, 2.45) is 5.92 Å². The van der Waals surface area contributed by atoms with Crippen molar-refractivity contribution in [1.82, 2.24) is 10.2 Å². The van der Waals surface area contributed by atoms with E-state index in [4.69, 9.17) is 0 Å². The van der Waals surface area contributed by atoms with Crippen LogP contribution in [-0.2, 0) is 9.59 Å². The van der Waals surface area contributed by atoms with Gasteiger partial charge in [-0.3, -0.25) is 4.79 Å². The third-order valence-electron chi connectivity index (χ3n) is 5.23. The van der Waals surface area contributed by atoms with E-state index in [0.717, 1.165) is 25.7 Å². The lowest BCUT2D eigenvalue weighted by Gasteiger charge is -2.34. The Morgan fingerprint density at radius 3 is 2.55 bits per heavy atom. The molecule has 1 saturated carbocycles. The number of nitrogens with one attached hydrogen (secondary N) is 1. The first-order chi connectivity index (χ1) is 9.66. The topological polar surface area (TPSA) is 69.6 Å². The molecule has 112 valence electrons. The molecule has 2 heterocycles. The second-order valence-electron chi connectivity index (χ2n) is 6.49. The van der Waals surface area contributed by atoms with E-state index in [2.05, 4.69) is 5.32 Å². The lowest BCUT2D eigenvalue weighted by molar-refractivity contribution is -0.152. The molecule has 0 radical (unpaired) electrons. The second-order valence-corrected chi connectivity index (χ2v) is 6.49. The molecule has 20 heavy (non-hydrogen) atoms. The standard InChI is InChI=1S/C15H24N2O3/c18-14(17-8-4-3-7-13(17)15(19)20)12-9-10-5-1-2-6-11(10)16-12/h10-13,16H,1-9H2,(H,19,20). The second kappa shape index (κ2) is 5.72. The quantitative estimate of drug-likeness (QED) is 0.801. The van der Waals surface area contributed by atoms with Crippen LogP contribution >= 0.6 is 0 Å². The summed E-state index contributed by atoms with van der Waals surface area (Å²) in [6.45, 7) is 0.601. The molecule has 0 aromatic rings. The van der Waals surface area contributed by atoms with Gasteiger partial charge in [-0.2, -0.15) is 0 Å². The zero-order chi connectivity index (χ0) is 14.1. The van der Waals surface area contributed by atoms with Gasteiger partial charge in [-0.15, -0.1) is 0 Å². The number of carboxylic acids is 1. The number of nitrogens with zero attached hydrogens (tertiary/aromatic N) is 1. The average molecular weight is 280 g/mol. The number of likely N-dealkylation sites (tertiary alicyclic amines) is 1. The van der Waals surface area contributed by atoms with E-state index in [1.54, 1.807) is 4.90 Å². The van der Waals surface area contributed by atoms with Crippen molar-refractivity contribution >= 4 is 11.9 Å². The molecule has 1 amide bonds. The summed E-state index contributed by atoms with van der Waals surface area (Å²) in [7, 11) is 0. The highest BCUT2D eigenvalue weighted by atomic mass is 16.4. The smallest absolute Gasteiger partial charge is 0.326 e. The molecule has 0 aromatic heterocycles. The number of rotatable bonds is 2. The first kappa shape index (κ1) is 13.9. The number of piperidine rings is 1. The van der Waals surface area contributed by atoms with E-state index < -0.39 is 12.0 Å². The SMILES string of the molecule is O=C(O)C1CCCCN1C(=O)C1CC2CCCCC2N1. The maximum atomic E-state index is 12.7. The number of carboxylic acid groups (broad SMARTS) is 1. The lowest BCUT2D eigenvalue weighted by atomic mass is 9.85. The van der Waals surface area contributed by atoms with Crippen molar-refractivity contribution in [3.8, 4) is 0 Å². The Labute approximate surface area is 119 Å². The summed E-state index contributed by atoms with van der Waals surface area (Å²) in [5, 5.41) is 12.8. The lowest BCUT2D eigenvalue weighted by Crippen LogP contribution is -2.53. The summed E-state index contributed by atoms with van der Waals surface area (Å²) in [4.78, 5) is 25.6. The van der Waals surface area contributed by atoms with Gasteiger partial charge < -0.3 is 15.3 Å². The largest absolute Gasteiger partial charge is 0.480 e. The summed E-state index contributed by atoms with van der Waals surface area (Å²) in [5.74, 6) is -0.217. The molecule has 0 spiro atoms. The highest BCUT2D eigenvalue weighted by molar-refractivity contribution is 5.87. The zero-order valence-electron chi connectivity index (χ0n) is 11.9. The normalized spacial score (nSPS) is 37.5. The Hall–Kier alpha value is -1.10. The van der Waals surface area contributed by atoms with Crippen LogP contribution in [0.15, 0.2) is 0 Å². The Kier molecular flexibility index (Phi) is 3.96. The van der Waals surface area contributed by atoms with Crippen molar-refractivity contribution in [2.45, 2.75) is 69.5 Å². The highest BCUT2D eigenvalue weighted by Gasteiger charge is 2.42. The first-order valence-electron chi connectivity index (χ1n) is 7.96. The van der Waals surface area contributed by atoms with Crippen molar-refractivity contribution in [2.75, 3.05) is 6.54 Å². The van der Waals surface area contributed by atoms with Gasteiger partial charge in [-0.05, 0) is 44.4 Å². The number of carbonyl (C=O) groups excluding carboxylic acids is 1. The highest BCUT2D eigenvalue weighted by Crippen LogP contribution is 2.34. The van der Waals surface area contributed by atoms with Crippen LogP contribution in [0.5, 0.6) is 0 Å². The van der Waals surface area contributed by atoms with Crippen LogP contribution in [-0.4, -0.2) is 46.6 Å². The van der Waals surface area contributed by atoms with Crippen molar-refractivity contribution in [3.63, 3.8) is 0 Å². The van der Waals surface area contributed by atoms with Gasteiger partial charge in [0.25, 0.3) is 0 Å². The fourth-order valence-electron chi connectivity index (χ4n) is 4.16. The molecular formula is C15H24N2O3. The molecule has 0 bridgehead atoms. The molecule has 0 aromatic carbocycles. The van der Waals surface area contributed by atoms with Crippen LogP contribution in [0.3, 0.4) is 0 Å². The van der Waals surface area contributed by atoms with Crippen LogP contribution in [0.2, 0.25) is 0 Å². The van der Waals surface area contributed by atoms with Gasteiger partial charge in [0.15, 0.2) is 0 Å². The molecule has 3 aliphatic rings. The van der Waals surface area contributed by atoms with E-state index in [9.17, 15) is 14.7 Å². The average Bonchev–Trinajstić information content (AvgIpc) is 2.90. The Morgan fingerprint density at radius 1 is 1.05 bits per heavy atom. The predicted molar refractivity (Wildman–Crippen MR) is 74.3 cm³/mol. The molecule has 4 atom stereocenters. The van der Waals surface area contributed by atoms with Gasteiger partial charge in [-0.1, -0.05) is 12.8 Å². The van der Waals surface area contributed by atoms with E-state index in [1.807, 2.05) is 0 Å². The molecule has 1 aliphatic carbocycles. The van der Waals surface area contributed by atoms with E-state index >= 15 is 0 Å². The maximum Gasteiger partial charge on any atom is 0.326 e. The molecule has 2 N–H and O–H groups in total. The molecule has 5 nitrogen and oxygen atoms in total. The van der Waals surface area contributed by atoms with Crippen LogP contribution in [0.1, 0.15) is 51.4 Å². The summed E-state index contributed by atoms with van der Waals surface area (Å²) in [6.07, 6.45) is 8.22. The third kappa shape index (κ3) is 2.55. The Bertz CT molecular complexity index is 385. The van der Waals surface area contributed by atoms with Crippen LogP contribution in [0.25, 0.3) is 0 Å². The number of fused-ring (bicyclic) bond motifs is 1. The molecule has 5 heteroatoms. The van der Waals surface area contributed by atoms with Gasteiger partial charge in [0, 0.05) is 12.6 Å². The fourth-order valence-corrected chi connectivity index (χ4v) is 4.16. The number of amides is 1. The van der Waals surface area contributed by atoms with E-state index in [0.29, 0.717) is 24.9 Å².